The van der Waals surface area contributed by atoms with E-state index in [4.69, 9.17) is 4.74 Å². The Morgan fingerprint density at radius 1 is 1.00 bits per heavy atom. The smallest absolute Gasteiger partial charge is 0.338 e. The number of sulfonamides is 1. The fraction of sp³-hybridized carbons (Fsp3) is 0.167. The monoisotopic (exact) mass is 405 g/mol. The van der Waals surface area contributed by atoms with Crippen molar-refractivity contribution in [1.82, 2.24) is 15.4 Å². The molecule has 0 unspecified atom stereocenters. The molecular formula is C18H19N3O6S. The summed E-state index contributed by atoms with van der Waals surface area (Å²) in [7, 11) is -2.48. The summed E-state index contributed by atoms with van der Waals surface area (Å²) in [6.45, 7) is -0.465. The summed E-state index contributed by atoms with van der Waals surface area (Å²) in [5.41, 5.74) is 0.811. The Labute approximate surface area is 162 Å². The van der Waals surface area contributed by atoms with Crippen molar-refractivity contribution in [3.05, 3.63) is 65.7 Å². The maximum Gasteiger partial charge on any atom is 0.338 e. The van der Waals surface area contributed by atoms with Gasteiger partial charge in [-0.25, -0.2) is 22.7 Å². The molecule has 2 rings (SSSR count). The number of benzene rings is 2. The number of esters is 1. The van der Waals surface area contributed by atoms with Crippen LogP contribution >= 0.6 is 0 Å². The van der Waals surface area contributed by atoms with Crippen LogP contribution in [0.3, 0.4) is 0 Å². The van der Waals surface area contributed by atoms with Gasteiger partial charge in [-0.05, 0) is 30.8 Å². The Bertz CT molecular complexity index is 960. The molecule has 0 saturated heterocycles. The highest BCUT2D eigenvalue weighted by atomic mass is 32.2. The van der Waals surface area contributed by atoms with Crippen LogP contribution in [0.25, 0.3) is 0 Å². The van der Waals surface area contributed by atoms with Crippen molar-refractivity contribution in [2.75, 3.05) is 13.7 Å². The average Bonchev–Trinajstić information content (AvgIpc) is 2.71. The van der Waals surface area contributed by atoms with E-state index >= 15 is 0 Å². The maximum atomic E-state index is 12.0. The lowest BCUT2D eigenvalue weighted by Crippen LogP contribution is -2.41. The minimum Gasteiger partial charge on any atom is -0.452 e. The Hall–Kier alpha value is -3.24. The molecule has 0 saturated carbocycles. The molecule has 3 N–H and O–H groups in total. The summed E-state index contributed by atoms with van der Waals surface area (Å²) in [4.78, 5) is 35.3. The lowest BCUT2D eigenvalue weighted by atomic mass is 10.2. The summed E-state index contributed by atoms with van der Waals surface area (Å²) >= 11 is 0. The molecule has 0 atom stereocenters. The van der Waals surface area contributed by atoms with Crippen LogP contribution in [-0.4, -0.2) is 40.0 Å². The molecule has 0 spiro atoms. The van der Waals surface area contributed by atoms with Crippen LogP contribution in [0.2, 0.25) is 0 Å². The highest BCUT2D eigenvalue weighted by molar-refractivity contribution is 7.89. The van der Waals surface area contributed by atoms with Crippen molar-refractivity contribution in [2.24, 2.45) is 0 Å². The number of rotatable bonds is 7. The predicted molar refractivity (Wildman–Crippen MR) is 99.8 cm³/mol. The number of hydrogen-bond acceptors (Lipinski definition) is 6. The SMILES string of the molecule is CNS(=O)(=O)c1cccc(C(=O)OCC(=O)NC(=O)NCc2ccccc2)c1. The predicted octanol–water partition coefficient (Wildman–Crippen LogP) is 0.777. The third-order valence-corrected chi connectivity index (χ3v) is 4.94. The van der Waals surface area contributed by atoms with E-state index in [9.17, 15) is 22.8 Å². The number of carbonyl (C=O) groups is 3. The van der Waals surface area contributed by atoms with Crippen LogP contribution in [-0.2, 0) is 26.1 Å². The van der Waals surface area contributed by atoms with Gasteiger partial charge in [0.1, 0.15) is 0 Å². The van der Waals surface area contributed by atoms with Crippen LogP contribution in [0.5, 0.6) is 0 Å². The Balaban J connectivity index is 1.83. The van der Waals surface area contributed by atoms with Crippen LogP contribution in [0.15, 0.2) is 59.5 Å². The van der Waals surface area contributed by atoms with E-state index in [1.807, 2.05) is 35.6 Å². The second-order valence-electron chi connectivity index (χ2n) is 5.53. The third kappa shape index (κ3) is 6.18. The van der Waals surface area contributed by atoms with Gasteiger partial charge in [-0.2, -0.15) is 0 Å². The van der Waals surface area contributed by atoms with Gasteiger partial charge in [0.25, 0.3) is 5.91 Å². The molecule has 0 aliphatic carbocycles. The number of amides is 3. The molecule has 0 aliphatic heterocycles. The van der Waals surface area contributed by atoms with E-state index in [1.165, 1.54) is 25.2 Å². The average molecular weight is 405 g/mol. The number of nitrogens with one attached hydrogen (secondary N) is 3. The molecule has 0 bridgehead atoms. The summed E-state index contributed by atoms with van der Waals surface area (Å²) in [5, 5.41) is 4.52. The standard InChI is InChI=1S/C18H19N3O6S/c1-19-28(25,26)15-9-5-8-14(10-15)17(23)27-12-16(22)21-18(24)20-11-13-6-3-2-4-7-13/h2-10,19H,11-12H2,1H3,(H2,20,21,22,24). The van der Waals surface area contributed by atoms with Crippen molar-refractivity contribution in [3.63, 3.8) is 0 Å². The molecule has 2 aromatic rings. The van der Waals surface area contributed by atoms with Crippen molar-refractivity contribution >= 4 is 27.9 Å². The first-order valence-corrected chi connectivity index (χ1v) is 9.62. The normalized spacial score (nSPS) is 10.8. The molecule has 2 aromatic carbocycles. The van der Waals surface area contributed by atoms with Gasteiger partial charge in [0.2, 0.25) is 10.0 Å². The zero-order chi connectivity index (χ0) is 20.6. The molecule has 0 aliphatic rings. The van der Waals surface area contributed by atoms with E-state index in [1.54, 1.807) is 0 Å². The largest absolute Gasteiger partial charge is 0.452 e. The van der Waals surface area contributed by atoms with Gasteiger partial charge in [0, 0.05) is 6.54 Å². The van der Waals surface area contributed by atoms with Crippen molar-refractivity contribution in [1.29, 1.82) is 0 Å². The third-order valence-electron chi connectivity index (χ3n) is 3.53. The second-order valence-corrected chi connectivity index (χ2v) is 7.41. The minimum atomic E-state index is -3.72. The van der Waals surface area contributed by atoms with Crippen molar-refractivity contribution < 1.29 is 27.5 Å². The first kappa shape index (κ1) is 21.1. The maximum absolute atomic E-state index is 12.0. The van der Waals surface area contributed by atoms with Gasteiger partial charge in [0.15, 0.2) is 6.61 Å². The van der Waals surface area contributed by atoms with Gasteiger partial charge in [-0.1, -0.05) is 36.4 Å². The fourth-order valence-electron chi connectivity index (χ4n) is 2.11. The Morgan fingerprint density at radius 3 is 2.39 bits per heavy atom. The van der Waals surface area contributed by atoms with Crippen LogP contribution in [0.4, 0.5) is 4.79 Å². The van der Waals surface area contributed by atoms with Crippen LogP contribution in [0.1, 0.15) is 15.9 Å². The number of imide groups is 1. The fourth-order valence-corrected chi connectivity index (χ4v) is 2.88. The van der Waals surface area contributed by atoms with Crippen LogP contribution in [0, 0.1) is 0 Å². The van der Waals surface area contributed by atoms with Gasteiger partial charge in [0.05, 0.1) is 10.5 Å². The molecular weight excluding hydrogens is 386 g/mol. The highest BCUT2D eigenvalue weighted by Crippen LogP contribution is 2.12. The highest BCUT2D eigenvalue weighted by Gasteiger charge is 2.16. The van der Waals surface area contributed by atoms with Gasteiger partial charge >= 0.3 is 12.0 Å². The lowest BCUT2D eigenvalue weighted by molar-refractivity contribution is -0.123. The Kier molecular flexibility index (Phi) is 7.24. The molecule has 0 aromatic heterocycles. The zero-order valence-electron chi connectivity index (χ0n) is 15.0. The molecule has 28 heavy (non-hydrogen) atoms. The molecule has 0 heterocycles. The van der Waals surface area contributed by atoms with E-state index in [-0.39, 0.29) is 17.0 Å². The van der Waals surface area contributed by atoms with E-state index in [0.29, 0.717) is 0 Å². The quantitative estimate of drug-likeness (QED) is 0.584. The van der Waals surface area contributed by atoms with E-state index in [0.717, 1.165) is 11.6 Å². The van der Waals surface area contributed by atoms with Gasteiger partial charge in [-0.15, -0.1) is 0 Å². The van der Waals surface area contributed by atoms with Crippen LogP contribution < -0.4 is 15.4 Å². The summed E-state index contributed by atoms with van der Waals surface area (Å²) < 4.78 is 30.5. The summed E-state index contributed by atoms with van der Waals surface area (Å²) in [6, 6.07) is 13.5. The molecule has 3 amide bonds. The number of urea groups is 1. The number of carbonyl (C=O) groups excluding carboxylic acids is 3. The number of hydrogen-bond donors (Lipinski definition) is 3. The molecule has 9 nitrogen and oxygen atoms in total. The van der Waals surface area contributed by atoms with Gasteiger partial charge in [-0.3, -0.25) is 10.1 Å². The zero-order valence-corrected chi connectivity index (χ0v) is 15.8. The first-order chi connectivity index (χ1) is 13.3. The van der Waals surface area contributed by atoms with Crippen molar-refractivity contribution in [2.45, 2.75) is 11.4 Å². The molecule has 0 radical (unpaired) electrons. The lowest BCUT2D eigenvalue weighted by Gasteiger charge is -2.08. The van der Waals surface area contributed by atoms with E-state index < -0.39 is 34.5 Å². The second kappa shape index (κ2) is 9.62. The van der Waals surface area contributed by atoms with Gasteiger partial charge < -0.3 is 10.1 Å². The first-order valence-electron chi connectivity index (χ1n) is 8.14. The molecule has 10 heteroatoms. The summed E-state index contributed by atoms with van der Waals surface area (Å²) in [6.07, 6.45) is 0. The molecule has 148 valence electrons. The Morgan fingerprint density at radius 2 is 1.71 bits per heavy atom. The molecule has 0 fully saturated rings. The van der Waals surface area contributed by atoms with E-state index in [2.05, 4.69) is 10.0 Å². The minimum absolute atomic E-state index is 0.0438. The summed E-state index contributed by atoms with van der Waals surface area (Å²) in [5.74, 6) is -1.72. The van der Waals surface area contributed by atoms with Crippen molar-refractivity contribution in [3.8, 4) is 0 Å². The number of ether oxygens (including phenoxy) is 1. The topological polar surface area (TPSA) is 131 Å².